The number of hydrogen-bond donors (Lipinski definition) is 1. The number of aromatic nitrogens is 2. The standard InChI is InChI=1S/C23H23ClN4O2/c24-19-6-7-22(26-15-19)30-21-5-1-3-18(14-21)13-17-8-11-28(12-9-17)23(29)27-20-4-2-10-25-16-20/h1-7,10,14-17H,8-9,11-13H2,(H,27,29). The second kappa shape index (κ2) is 9.59. The second-order valence-corrected chi connectivity index (χ2v) is 7.81. The van der Waals surface area contributed by atoms with E-state index in [-0.39, 0.29) is 6.03 Å². The number of amides is 2. The van der Waals surface area contributed by atoms with Gasteiger partial charge in [-0.15, -0.1) is 0 Å². The van der Waals surface area contributed by atoms with E-state index < -0.39 is 0 Å². The number of piperidine rings is 1. The molecular formula is C23H23ClN4O2. The Labute approximate surface area is 180 Å². The molecule has 30 heavy (non-hydrogen) atoms. The zero-order valence-electron chi connectivity index (χ0n) is 16.5. The van der Waals surface area contributed by atoms with Crippen molar-refractivity contribution in [2.75, 3.05) is 18.4 Å². The van der Waals surface area contributed by atoms with Crippen molar-refractivity contribution < 1.29 is 9.53 Å². The Kier molecular flexibility index (Phi) is 6.44. The topological polar surface area (TPSA) is 67.4 Å². The quantitative estimate of drug-likeness (QED) is 0.597. The number of carbonyl (C=O) groups excluding carboxylic acids is 1. The molecule has 0 aliphatic carbocycles. The van der Waals surface area contributed by atoms with Crippen LogP contribution < -0.4 is 10.1 Å². The fraction of sp³-hybridized carbons (Fsp3) is 0.261. The van der Waals surface area contributed by atoms with Gasteiger partial charge in [0.05, 0.1) is 16.9 Å². The SMILES string of the molecule is O=C(Nc1cccnc1)N1CCC(Cc2cccc(Oc3ccc(Cl)cn3)c2)CC1. The van der Waals surface area contributed by atoms with Crippen LogP contribution in [-0.4, -0.2) is 34.0 Å². The molecule has 0 atom stereocenters. The Morgan fingerprint density at radius 1 is 1.13 bits per heavy atom. The van der Waals surface area contributed by atoms with Gasteiger partial charge in [-0.25, -0.2) is 9.78 Å². The molecular weight excluding hydrogens is 400 g/mol. The van der Waals surface area contributed by atoms with Crippen molar-refractivity contribution in [1.82, 2.24) is 14.9 Å². The lowest BCUT2D eigenvalue weighted by Crippen LogP contribution is -2.41. The first-order valence-electron chi connectivity index (χ1n) is 10.00. The molecule has 0 radical (unpaired) electrons. The summed E-state index contributed by atoms with van der Waals surface area (Å²) in [6.07, 6.45) is 7.82. The van der Waals surface area contributed by atoms with Crippen LogP contribution in [-0.2, 0) is 6.42 Å². The van der Waals surface area contributed by atoms with Crippen molar-refractivity contribution in [3.05, 3.63) is 77.7 Å². The summed E-state index contributed by atoms with van der Waals surface area (Å²) in [5.74, 6) is 1.82. The van der Waals surface area contributed by atoms with Crippen LogP contribution in [0.15, 0.2) is 67.1 Å². The zero-order valence-corrected chi connectivity index (χ0v) is 17.3. The maximum atomic E-state index is 12.4. The number of anilines is 1. The van der Waals surface area contributed by atoms with Gasteiger partial charge < -0.3 is 15.0 Å². The monoisotopic (exact) mass is 422 g/mol. The molecule has 3 heterocycles. The summed E-state index contributed by atoms with van der Waals surface area (Å²) in [6.45, 7) is 1.50. The summed E-state index contributed by atoms with van der Waals surface area (Å²) in [6, 6.07) is 15.2. The summed E-state index contributed by atoms with van der Waals surface area (Å²) in [4.78, 5) is 22.5. The minimum atomic E-state index is -0.0627. The Morgan fingerprint density at radius 3 is 2.73 bits per heavy atom. The number of urea groups is 1. The minimum absolute atomic E-state index is 0.0627. The Hall–Kier alpha value is -3.12. The number of pyridine rings is 2. The maximum Gasteiger partial charge on any atom is 0.321 e. The molecule has 2 aromatic heterocycles. The third-order valence-electron chi connectivity index (χ3n) is 5.16. The van der Waals surface area contributed by atoms with Crippen molar-refractivity contribution >= 4 is 23.3 Å². The van der Waals surface area contributed by atoms with Crippen LogP contribution in [0.4, 0.5) is 10.5 Å². The third kappa shape index (κ3) is 5.48. The Morgan fingerprint density at radius 2 is 2.00 bits per heavy atom. The smallest absolute Gasteiger partial charge is 0.321 e. The molecule has 6 nitrogen and oxygen atoms in total. The Bertz CT molecular complexity index is 974. The number of hydrogen-bond acceptors (Lipinski definition) is 4. The van der Waals surface area contributed by atoms with Crippen molar-refractivity contribution in [2.45, 2.75) is 19.3 Å². The molecule has 0 unspecified atom stereocenters. The van der Waals surface area contributed by atoms with Crippen LogP contribution in [0.3, 0.4) is 0 Å². The molecule has 1 saturated heterocycles. The largest absolute Gasteiger partial charge is 0.439 e. The number of rotatable bonds is 5. The lowest BCUT2D eigenvalue weighted by molar-refractivity contribution is 0.182. The van der Waals surface area contributed by atoms with Gasteiger partial charge in [0, 0.05) is 31.5 Å². The van der Waals surface area contributed by atoms with Gasteiger partial charge in [-0.3, -0.25) is 4.98 Å². The van der Waals surface area contributed by atoms with Crippen molar-refractivity contribution in [3.63, 3.8) is 0 Å². The number of halogens is 1. The summed E-state index contributed by atoms with van der Waals surface area (Å²) in [5, 5.41) is 3.48. The van der Waals surface area contributed by atoms with Gasteiger partial charge in [-0.2, -0.15) is 0 Å². The van der Waals surface area contributed by atoms with E-state index in [4.69, 9.17) is 16.3 Å². The van der Waals surface area contributed by atoms with E-state index in [0.717, 1.165) is 43.8 Å². The normalized spacial score (nSPS) is 14.4. The number of benzene rings is 1. The molecule has 7 heteroatoms. The van der Waals surface area contributed by atoms with Crippen LogP contribution in [0.2, 0.25) is 5.02 Å². The fourth-order valence-corrected chi connectivity index (χ4v) is 3.70. The van der Waals surface area contributed by atoms with E-state index in [9.17, 15) is 4.79 Å². The van der Waals surface area contributed by atoms with Crippen LogP contribution in [0, 0.1) is 5.92 Å². The highest BCUT2D eigenvalue weighted by Gasteiger charge is 2.23. The molecule has 3 aromatic rings. The lowest BCUT2D eigenvalue weighted by Gasteiger charge is -2.32. The molecule has 0 bridgehead atoms. The van der Waals surface area contributed by atoms with Gasteiger partial charge in [0.15, 0.2) is 0 Å². The number of nitrogens with one attached hydrogen (secondary N) is 1. The highest BCUT2D eigenvalue weighted by atomic mass is 35.5. The Balaban J connectivity index is 1.28. The van der Waals surface area contributed by atoms with Gasteiger partial charge in [0.2, 0.25) is 5.88 Å². The minimum Gasteiger partial charge on any atom is -0.439 e. The molecule has 0 spiro atoms. The van der Waals surface area contributed by atoms with Gasteiger partial charge in [0.25, 0.3) is 0 Å². The number of nitrogens with zero attached hydrogens (tertiary/aromatic N) is 3. The van der Waals surface area contributed by atoms with Crippen molar-refractivity contribution in [3.8, 4) is 11.6 Å². The van der Waals surface area contributed by atoms with Gasteiger partial charge >= 0.3 is 6.03 Å². The average Bonchev–Trinajstić information content (AvgIpc) is 2.77. The molecule has 154 valence electrons. The molecule has 2 amide bonds. The molecule has 4 rings (SSSR count). The van der Waals surface area contributed by atoms with Crippen molar-refractivity contribution in [2.24, 2.45) is 5.92 Å². The number of carbonyl (C=O) groups is 1. The van der Waals surface area contributed by atoms with Crippen molar-refractivity contribution in [1.29, 1.82) is 0 Å². The fourth-order valence-electron chi connectivity index (χ4n) is 3.59. The van der Waals surface area contributed by atoms with E-state index >= 15 is 0 Å². The van der Waals surface area contributed by atoms with Crippen LogP contribution in [0.1, 0.15) is 18.4 Å². The van der Waals surface area contributed by atoms with Gasteiger partial charge in [-0.1, -0.05) is 23.7 Å². The number of likely N-dealkylation sites (tertiary alicyclic amines) is 1. The highest BCUT2D eigenvalue weighted by Crippen LogP contribution is 2.26. The third-order valence-corrected chi connectivity index (χ3v) is 5.38. The van der Waals surface area contributed by atoms with Crippen LogP contribution >= 0.6 is 11.6 Å². The lowest BCUT2D eigenvalue weighted by atomic mass is 9.90. The van der Waals surface area contributed by atoms with Crippen LogP contribution in [0.5, 0.6) is 11.6 Å². The van der Waals surface area contributed by atoms with E-state index in [0.29, 0.717) is 16.8 Å². The zero-order chi connectivity index (χ0) is 20.8. The summed E-state index contributed by atoms with van der Waals surface area (Å²) in [5.41, 5.74) is 1.94. The van der Waals surface area contributed by atoms with E-state index in [2.05, 4.69) is 27.4 Å². The van der Waals surface area contributed by atoms with E-state index in [1.807, 2.05) is 29.2 Å². The first kappa shape index (κ1) is 20.2. The second-order valence-electron chi connectivity index (χ2n) is 7.37. The summed E-state index contributed by atoms with van der Waals surface area (Å²) in [7, 11) is 0. The summed E-state index contributed by atoms with van der Waals surface area (Å²) < 4.78 is 5.83. The molecule has 1 fully saturated rings. The molecule has 1 aromatic carbocycles. The van der Waals surface area contributed by atoms with Crippen LogP contribution in [0.25, 0.3) is 0 Å². The number of ether oxygens (including phenoxy) is 1. The molecule has 1 aliphatic rings. The first-order valence-corrected chi connectivity index (χ1v) is 10.4. The van der Waals surface area contributed by atoms with E-state index in [1.165, 1.54) is 5.56 Å². The molecule has 1 aliphatic heterocycles. The van der Waals surface area contributed by atoms with Gasteiger partial charge in [-0.05, 0) is 61.1 Å². The maximum absolute atomic E-state index is 12.4. The van der Waals surface area contributed by atoms with Gasteiger partial charge in [0.1, 0.15) is 5.75 Å². The summed E-state index contributed by atoms with van der Waals surface area (Å²) >= 11 is 5.87. The molecule has 0 saturated carbocycles. The first-order chi connectivity index (χ1) is 14.7. The predicted octanol–water partition coefficient (Wildman–Crippen LogP) is 5.41. The molecule has 1 N–H and O–H groups in total. The van der Waals surface area contributed by atoms with E-state index in [1.54, 1.807) is 30.7 Å². The average molecular weight is 423 g/mol. The highest BCUT2D eigenvalue weighted by molar-refractivity contribution is 6.30. The predicted molar refractivity (Wildman–Crippen MR) is 117 cm³/mol.